The van der Waals surface area contributed by atoms with Crippen LogP contribution in [0.15, 0.2) is 24.3 Å². The highest BCUT2D eigenvalue weighted by Gasteiger charge is 2.25. The first-order valence-electron chi connectivity index (χ1n) is 7.59. The number of benzene rings is 1. The maximum atomic E-state index is 3.56. The van der Waals surface area contributed by atoms with Crippen LogP contribution in [0, 0.1) is 12.8 Å². The fourth-order valence-corrected chi connectivity index (χ4v) is 3.37. The number of hydrogen-bond acceptors (Lipinski definition) is 1. The Morgan fingerprint density at radius 3 is 2.67 bits per heavy atom. The zero-order valence-corrected chi connectivity index (χ0v) is 11.9. The summed E-state index contributed by atoms with van der Waals surface area (Å²) in [6.45, 7) is 6.76. The molecule has 2 unspecified atom stereocenters. The predicted molar refractivity (Wildman–Crippen MR) is 79.0 cm³/mol. The van der Waals surface area contributed by atoms with E-state index in [2.05, 4.69) is 43.4 Å². The van der Waals surface area contributed by atoms with Crippen molar-refractivity contribution >= 4 is 0 Å². The predicted octanol–water partition coefficient (Wildman–Crippen LogP) is 4.27. The molecule has 1 aromatic carbocycles. The fraction of sp³-hybridized carbons (Fsp3) is 0.647. The second-order valence-corrected chi connectivity index (χ2v) is 5.67. The van der Waals surface area contributed by atoms with E-state index in [4.69, 9.17) is 0 Å². The van der Waals surface area contributed by atoms with Gasteiger partial charge in [0.15, 0.2) is 0 Å². The Labute approximate surface area is 112 Å². The summed E-state index contributed by atoms with van der Waals surface area (Å²) in [5.74, 6) is 1.60. The molecule has 0 saturated heterocycles. The number of aryl methyl sites for hydroxylation is 1. The highest BCUT2D eigenvalue weighted by molar-refractivity contribution is 5.30. The van der Waals surface area contributed by atoms with Gasteiger partial charge < -0.3 is 5.32 Å². The molecule has 2 rings (SSSR count). The number of hydrogen-bond donors (Lipinski definition) is 1. The van der Waals surface area contributed by atoms with Crippen LogP contribution in [-0.2, 0) is 0 Å². The first-order chi connectivity index (χ1) is 8.83. The van der Waals surface area contributed by atoms with Crippen molar-refractivity contribution < 1.29 is 0 Å². The Hall–Kier alpha value is -0.820. The summed E-state index contributed by atoms with van der Waals surface area (Å²) >= 11 is 0. The van der Waals surface area contributed by atoms with E-state index in [1.807, 2.05) is 0 Å². The molecule has 0 aromatic heterocycles. The van der Waals surface area contributed by atoms with Crippen molar-refractivity contribution in [1.82, 2.24) is 5.32 Å². The lowest BCUT2D eigenvalue weighted by Crippen LogP contribution is -2.27. The lowest BCUT2D eigenvalue weighted by atomic mass is 9.80. The summed E-state index contributed by atoms with van der Waals surface area (Å²) in [7, 11) is 0. The SMILES string of the molecule is CCNCC1CCCCCC1c1ccccc1C. The highest BCUT2D eigenvalue weighted by Crippen LogP contribution is 2.37. The Kier molecular flexibility index (Phi) is 5.25. The van der Waals surface area contributed by atoms with E-state index in [9.17, 15) is 0 Å². The van der Waals surface area contributed by atoms with Crippen LogP contribution in [0.1, 0.15) is 56.1 Å². The number of rotatable bonds is 4. The average Bonchev–Trinajstić information content (AvgIpc) is 2.62. The Morgan fingerprint density at radius 1 is 1.11 bits per heavy atom. The minimum absolute atomic E-state index is 0.771. The molecule has 18 heavy (non-hydrogen) atoms. The van der Waals surface area contributed by atoms with Crippen molar-refractivity contribution in [2.45, 2.75) is 51.9 Å². The summed E-state index contributed by atoms with van der Waals surface area (Å²) in [5, 5.41) is 3.56. The second-order valence-electron chi connectivity index (χ2n) is 5.67. The highest BCUT2D eigenvalue weighted by atomic mass is 14.8. The first kappa shape index (κ1) is 13.6. The third kappa shape index (κ3) is 3.35. The van der Waals surface area contributed by atoms with Gasteiger partial charge in [0.25, 0.3) is 0 Å². The maximum absolute atomic E-state index is 3.56. The van der Waals surface area contributed by atoms with Crippen LogP contribution in [0.2, 0.25) is 0 Å². The van der Waals surface area contributed by atoms with E-state index in [-0.39, 0.29) is 0 Å². The van der Waals surface area contributed by atoms with Gasteiger partial charge in [0.05, 0.1) is 0 Å². The van der Waals surface area contributed by atoms with E-state index in [0.29, 0.717) is 0 Å². The molecule has 1 N–H and O–H groups in total. The lowest BCUT2D eigenvalue weighted by molar-refractivity contribution is 0.378. The normalized spacial score (nSPS) is 24.8. The molecule has 0 amide bonds. The van der Waals surface area contributed by atoms with Gasteiger partial charge in [0.2, 0.25) is 0 Å². The summed E-state index contributed by atoms with van der Waals surface area (Å²) in [6.07, 6.45) is 7.01. The Balaban J connectivity index is 2.17. The van der Waals surface area contributed by atoms with Crippen molar-refractivity contribution in [2.24, 2.45) is 5.92 Å². The van der Waals surface area contributed by atoms with Gasteiger partial charge in [-0.2, -0.15) is 0 Å². The smallest absolute Gasteiger partial charge is 0.00148 e. The molecule has 0 heterocycles. The van der Waals surface area contributed by atoms with Crippen LogP contribution in [0.25, 0.3) is 0 Å². The van der Waals surface area contributed by atoms with Crippen molar-refractivity contribution in [3.05, 3.63) is 35.4 Å². The molecule has 2 atom stereocenters. The molecule has 100 valence electrons. The Morgan fingerprint density at radius 2 is 1.89 bits per heavy atom. The van der Waals surface area contributed by atoms with Gasteiger partial charge in [-0.3, -0.25) is 0 Å². The molecule has 1 fully saturated rings. The monoisotopic (exact) mass is 245 g/mol. The molecular formula is C17H27N. The van der Waals surface area contributed by atoms with Crippen LogP contribution in [0.4, 0.5) is 0 Å². The molecule has 0 aliphatic heterocycles. The summed E-state index contributed by atoms with van der Waals surface area (Å²) in [6, 6.07) is 8.99. The standard InChI is InChI=1S/C17H27N/c1-3-18-13-15-10-5-4-6-12-17(15)16-11-8-7-9-14(16)2/h7-9,11,15,17-18H,3-6,10,12-13H2,1-2H3. The average molecular weight is 245 g/mol. The molecule has 1 nitrogen and oxygen atoms in total. The van der Waals surface area contributed by atoms with E-state index in [1.54, 1.807) is 5.56 Å². The van der Waals surface area contributed by atoms with Crippen LogP contribution >= 0.6 is 0 Å². The molecule has 1 aliphatic carbocycles. The van der Waals surface area contributed by atoms with Crippen LogP contribution in [0.5, 0.6) is 0 Å². The third-order valence-electron chi connectivity index (χ3n) is 4.40. The van der Waals surface area contributed by atoms with Gasteiger partial charge in [-0.15, -0.1) is 0 Å². The maximum Gasteiger partial charge on any atom is -0.00148 e. The minimum Gasteiger partial charge on any atom is -0.317 e. The topological polar surface area (TPSA) is 12.0 Å². The van der Waals surface area contributed by atoms with Crippen molar-refractivity contribution in [2.75, 3.05) is 13.1 Å². The van der Waals surface area contributed by atoms with Gasteiger partial charge in [0.1, 0.15) is 0 Å². The third-order valence-corrected chi connectivity index (χ3v) is 4.40. The zero-order valence-electron chi connectivity index (χ0n) is 11.9. The quantitative estimate of drug-likeness (QED) is 0.781. The van der Waals surface area contributed by atoms with E-state index < -0.39 is 0 Å². The molecule has 1 aromatic rings. The summed E-state index contributed by atoms with van der Waals surface area (Å²) in [4.78, 5) is 0. The van der Waals surface area contributed by atoms with Crippen molar-refractivity contribution in [3.63, 3.8) is 0 Å². The Bertz CT molecular complexity index is 358. The molecular weight excluding hydrogens is 218 g/mol. The van der Waals surface area contributed by atoms with Crippen molar-refractivity contribution in [1.29, 1.82) is 0 Å². The van der Waals surface area contributed by atoms with Gasteiger partial charge in [0, 0.05) is 0 Å². The van der Waals surface area contributed by atoms with Crippen LogP contribution in [0.3, 0.4) is 0 Å². The van der Waals surface area contributed by atoms with Crippen LogP contribution < -0.4 is 5.32 Å². The van der Waals surface area contributed by atoms with Gasteiger partial charge >= 0.3 is 0 Å². The molecule has 1 aliphatic rings. The van der Waals surface area contributed by atoms with Gasteiger partial charge in [-0.25, -0.2) is 0 Å². The lowest BCUT2D eigenvalue weighted by Gasteiger charge is -2.27. The fourth-order valence-electron chi connectivity index (χ4n) is 3.37. The van der Waals surface area contributed by atoms with Gasteiger partial charge in [-0.05, 0) is 55.8 Å². The van der Waals surface area contributed by atoms with Gasteiger partial charge in [-0.1, -0.05) is 50.5 Å². The molecule has 1 heteroatoms. The summed E-state index contributed by atoms with van der Waals surface area (Å²) in [5.41, 5.74) is 3.08. The first-order valence-corrected chi connectivity index (χ1v) is 7.59. The summed E-state index contributed by atoms with van der Waals surface area (Å²) < 4.78 is 0. The molecule has 0 bridgehead atoms. The van der Waals surface area contributed by atoms with E-state index in [0.717, 1.165) is 18.4 Å². The number of nitrogens with one attached hydrogen (secondary N) is 1. The van der Waals surface area contributed by atoms with E-state index >= 15 is 0 Å². The molecule has 1 saturated carbocycles. The molecule has 0 spiro atoms. The second kappa shape index (κ2) is 6.94. The van der Waals surface area contributed by atoms with Crippen molar-refractivity contribution in [3.8, 4) is 0 Å². The zero-order chi connectivity index (χ0) is 12.8. The largest absolute Gasteiger partial charge is 0.317 e. The van der Waals surface area contributed by atoms with Crippen LogP contribution in [-0.4, -0.2) is 13.1 Å². The van der Waals surface area contributed by atoms with E-state index in [1.165, 1.54) is 44.2 Å². The minimum atomic E-state index is 0.771. The molecule has 0 radical (unpaired) electrons.